The molecule has 5 heteroatoms. The molecule has 0 saturated carbocycles. The van der Waals surface area contributed by atoms with Crippen molar-refractivity contribution >= 4 is 17.6 Å². The lowest BCUT2D eigenvalue weighted by Crippen LogP contribution is -2.12. The van der Waals surface area contributed by atoms with Gasteiger partial charge in [-0.2, -0.15) is 5.10 Å². The normalized spacial score (nSPS) is 12.1. The van der Waals surface area contributed by atoms with Crippen molar-refractivity contribution in [1.82, 2.24) is 9.66 Å². The van der Waals surface area contributed by atoms with E-state index in [1.165, 1.54) is 0 Å². The van der Waals surface area contributed by atoms with E-state index in [4.69, 9.17) is 0 Å². The Morgan fingerprint density at radius 2 is 1.95 bits per heavy atom. The van der Waals surface area contributed by atoms with Gasteiger partial charge in [0.15, 0.2) is 0 Å². The smallest absolute Gasteiger partial charge is 0.206 e. The van der Waals surface area contributed by atoms with E-state index in [0.717, 1.165) is 28.3 Å². The molecule has 0 aliphatic carbocycles. The first-order chi connectivity index (χ1) is 10.9. The average molecular weight is 308 g/mol. The van der Waals surface area contributed by atoms with E-state index in [-0.39, 0.29) is 0 Å². The van der Waals surface area contributed by atoms with Gasteiger partial charge in [0.1, 0.15) is 0 Å². The van der Waals surface area contributed by atoms with E-state index in [9.17, 15) is 0 Å². The Morgan fingerprint density at radius 3 is 2.68 bits per heavy atom. The van der Waals surface area contributed by atoms with Crippen LogP contribution in [0.5, 0.6) is 0 Å². The fourth-order valence-corrected chi connectivity index (χ4v) is 2.93. The molecular weight excluding hydrogens is 292 g/mol. The van der Waals surface area contributed by atoms with Gasteiger partial charge in [0.05, 0.1) is 17.6 Å². The van der Waals surface area contributed by atoms with Crippen LogP contribution in [-0.2, 0) is 0 Å². The van der Waals surface area contributed by atoms with Crippen molar-refractivity contribution in [3.05, 3.63) is 70.6 Å². The highest BCUT2D eigenvalue weighted by Crippen LogP contribution is 2.19. The molecule has 0 radical (unpaired) electrons. The summed E-state index contributed by atoms with van der Waals surface area (Å²) in [5.41, 5.74) is 2.97. The third-order valence-electron chi connectivity index (χ3n) is 3.04. The predicted octanol–water partition coefficient (Wildman–Crippen LogP) is 3.41. The second-order valence-electron chi connectivity index (χ2n) is 4.55. The van der Waals surface area contributed by atoms with Crippen LogP contribution in [0.25, 0.3) is 11.3 Å². The van der Waals surface area contributed by atoms with Gasteiger partial charge in [-0.1, -0.05) is 36.4 Å². The maximum absolute atomic E-state index is 4.58. The van der Waals surface area contributed by atoms with E-state index in [0.29, 0.717) is 0 Å². The van der Waals surface area contributed by atoms with Crippen LogP contribution in [0, 0.1) is 0 Å². The fraction of sp³-hybridized carbons (Fsp3) is 0.118. The molecule has 3 rings (SSSR count). The van der Waals surface area contributed by atoms with Crippen molar-refractivity contribution in [2.75, 3.05) is 6.54 Å². The predicted molar refractivity (Wildman–Crippen MR) is 91.1 cm³/mol. The molecule has 0 aliphatic rings. The summed E-state index contributed by atoms with van der Waals surface area (Å²) in [6.07, 6.45) is 3.52. The molecule has 0 atom stereocenters. The van der Waals surface area contributed by atoms with Crippen molar-refractivity contribution in [3.8, 4) is 11.3 Å². The average Bonchev–Trinajstić information content (AvgIpc) is 2.98. The zero-order valence-corrected chi connectivity index (χ0v) is 13.1. The highest BCUT2D eigenvalue weighted by atomic mass is 32.1. The molecule has 0 bridgehead atoms. The Hall–Kier alpha value is -2.53. The Morgan fingerprint density at radius 1 is 1.14 bits per heavy atom. The Labute approximate surface area is 133 Å². The van der Waals surface area contributed by atoms with Crippen molar-refractivity contribution < 1.29 is 0 Å². The number of benzene rings is 1. The largest absolute Gasteiger partial charge is 0.258 e. The quantitative estimate of drug-likeness (QED) is 0.681. The highest BCUT2D eigenvalue weighted by molar-refractivity contribution is 7.07. The van der Waals surface area contributed by atoms with Crippen molar-refractivity contribution in [2.45, 2.75) is 6.92 Å². The number of hydrogen-bond donors (Lipinski definition) is 0. The zero-order valence-electron chi connectivity index (χ0n) is 12.3. The van der Waals surface area contributed by atoms with Crippen LogP contribution in [0.2, 0.25) is 0 Å². The van der Waals surface area contributed by atoms with Gasteiger partial charge in [0, 0.05) is 23.7 Å². The summed E-state index contributed by atoms with van der Waals surface area (Å²) in [6.45, 7) is 2.75. The molecule has 0 saturated heterocycles. The maximum atomic E-state index is 4.58. The summed E-state index contributed by atoms with van der Waals surface area (Å²) >= 11 is 1.59. The van der Waals surface area contributed by atoms with Gasteiger partial charge in [0.2, 0.25) is 4.80 Å². The van der Waals surface area contributed by atoms with Crippen LogP contribution >= 0.6 is 11.3 Å². The van der Waals surface area contributed by atoms with E-state index in [1.54, 1.807) is 23.7 Å². The van der Waals surface area contributed by atoms with Crippen LogP contribution < -0.4 is 4.80 Å². The highest BCUT2D eigenvalue weighted by Gasteiger charge is 2.06. The summed E-state index contributed by atoms with van der Waals surface area (Å²) in [5.74, 6) is 0. The molecule has 2 heterocycles. The number of pyridine rings is 1. The molecule has 0 unspecified atom stereocenters. The number of thiazole rings is 1. The molecular formula is C17H16N4S. The SMILES string of the molecule is CCN=c1scc(-c2ccccc2)n1/N=C\c1ccccn1. The second kappa shape index (κ2) is 6.95. The zero-order chi connectivity index (χ0) is 15.2. The lowest BCUT2D eigenvalue weighted by atomic mass is 10.2. The molecule has 22 heavy (non-hydrogen) atoms. The first-order valence-electron chi connectivity index (χ1n) is 7.10. The van der Waals surface area contributed by atoms with Gasteiger partial charge in [-0.3, -0.25) is 9.98 Å². The molecule has 2 aromatic heterocycles. The summed E-state index contributed by atoms with van der Waals surface area (Å²) in [5, 5.41) is 6.66. The minimum absolute atomic E-state index is 0.730. The lowest BCUT2D eigenvalue weighted by molar-refractivity contribution is 0.832. The van der Waals surface area contributed by atoms with Crippen LogP contribution in [0.1, 0.15) is 12.6 Å². The minimum atomic E-state index is 0.730. The summed E-state index contributed by atoms with van der Waals surface area (Å²) < 4.78 is 1.87. The number of aromatic nitrogens is 2. The van der Waals surface area contributed by atoms with E-state index in [1.807, 2.05) is 48.0 Å². The lowest BCUT2D eigenvalue weighted by Gasteiger charge is -2.03. The van der Waals surface area contributed by atoms with Gasteiger partial charge < -0.3 is 0 Å². The number of rotatable bonds is 4. The first-order valence-corrected chi connectivity index (χ1v) is 7.98. The van der Waals surface area contributed by atoms with Crippen LogP contribution in [0.3, 0.4) is 0 Å². The van der Waals surface area contributed by atoms with Gasteiger partial charge in [-0.15, -0.1) is 11.3 Å². The minimum Gasteiger partial charge on any atom is -0.258 e. The maximum Gasteiger partial charge on any atom is 0.206 e. The number of hydrogen-bond acceptors (Lipinski definition) is 4. The molecule has 1 aromatic carbocycles. The first kappa shape index (κ1) is 14.4. The van der Waals surface area contributed by atoms with Gasteiger partial charge in [-0.05, 0) is 19.1 Å². The monoisotopic (exact) mass is 308 g/mol. The van der Waals surface area contributed by atoms with E-state index >= 15 is 0 Å². The van der Waals surface area contributed by atoms with Crippen LogP contribution in [0.15, 0.2) is 70.2 Å². The van der Waals surface area contributed by atoms with E-state index in [2.05, 4.69) is 32.6 Å². The topological polar surface area (TPSA) is 42.5 Å². The molecule has 0 spiro atoms. The Kier molecular flexibility index (Phi) is 4.56. The summed E-state index contributed by atoms with van der Waals surface area (Å²) in [4.78, 5) is 9.66. The summed E-state index contributed by atoms with van der Waals surface area (Å²) in [6, 6.07) is 16.0. The molecule has 0 fully saturated rings. The van der Waals surface area contributed by atoms with E-state index < -0.39 is 0 Å². The third-order valence-corrected chi connectivity index (χ3v) is 3.90. The summed E-state index contributed by atoms with van der Waals surface area (Å²) in [7, 11) is 0. The third kappa shape index (κ3) is 3.20. The van der Waals surface area contributed by atoms with Crippen molar-refractivity contribution in [1.29, 1.82) is 0 Å². The molecule has 0 amide bonds. The van der Waals surface area contributed by atoms with Gasteiger partial charge >= 0.3 is 0 Å². The molecule has 4 nitrogen and oxygen atoms in total. The Bertz CT molecular complexity index is 817. The molecule has 3 aromatic rings. The van der Waals surface area contributed by atoms with Gasteiger partial charge in [-0.25, -0.2) is 4.68 Å². The van der Waals surface area contributed by atoms with Gasteiger partial charge in [0.25, 0.3) is 0 Å². The number of nitrogens with zero attached hydrogens (tertiary/aromatic N) is 4. The van der Waals surface area contributed by atoms with Crippen LogP contribution in [-0.4, -0.2) is 22.4 Å². The molecule has 110 valence electrons. The van der Waals surface area contributed by atoms with Crippen LogP contribution in [0.4, 0.5) is 0 Å². The molecule has 0 aliphatic heterocycles. The Balaban J connectivity index is 2.07. The second-order valence-corrected chi connectivity index (χ2v) is 5.39. The molecule has 0 N–H and O–H groups in total. The van der Waals surface area contributed by atoms with Crippen molar-refractivity contribution in [3.63, 3.8) is 0 Å². The van der Waals surface area contributed by atoms with Crippen molar-refractivity contribution in [2.24, 2.45) is 10.1 Å². The fourth-order valence-electron chi connectivity index (χ4n) is 2.03. The standard InChI is InChI=1S/C17H16N4S/c1-2-18-17-21(20-12-15-10-6-7-11-19-15)16(13-22-17)14-8-4-3-5-9-14/h3-13H,2H2,1H3/b18-17?,20-12-.